The summed E-state index contributed by atoms with van der Waals surface area (Å²) in [7, 11) is 0. The second-order valence-corrected chi connectivity index (χ2v) is 5.90. The van der Waals surface area contributed by atoms with Crippen LogP contribution in [0.5, 0.6) is 0 Å². The Labute approximate surface area is 136 Å². The molecule has 3 nitrogen and oxygen atoms in total. The van der Waals surface area contributed by atoms with E-state index < -0.39 is 5.41 Å². The van der Waals surface area contributed by atoms with E-state index in [2.05, 4.69) is 18.2 Å². The standard InChI is InChI=1S/C20H17N3/c1-15(2)9-10-20(13-22,14-23)11-16-7-8-17(12-21)19-6-4-3-5-18(16)19/h3-9H,10-11H2,1-2H3. The molecule has 23 heavy (non-hydrogen) atoms. The lowest BCUT2D eigenvalue weighted by Crippen LogP contribution is -2.19. The number of allylic oxidation sites excluding steroid dienone is 2. The van der Waals surface area contributed by atoms with E-state index in [1.165, 1.54) is 0 Å². The molecule has 0 atom stereocenters. The van der Waals surface area contributed by atoms with E-state index >= 15 is 0 Å². The summed E-state index contributed by atoms with van der Waals surface area (Å²) in [5.41, 5.74) is 1.52. The molecule has 0 amide bonds. The molecule has 0 aliphatic heterocycles. The van der Waals surface area contributed by atoms with Gasteiger partial charge < -0.3 is 0 Å². The highest BCUT2D eigenvalue weighted by Gasteiger charge is 2.30. The van der Waals surface area contributed by atoms with Crippen molar-refractivity contribution >= 4 is 10.8 Å². The Kier molecular flexibility index (Phi) is 4.80. The third-order valence-corrected chi connectivity index (χ3v) is 3.91. The molecule has 0 unspecified atom stereocenters. The van der Waals surface area contributed by atoms with Crippen molar-refractivity contribution < 1.29 is 0 Å². The smallest absolute Gasteiger partial charge is 0.151 e. The van der Waals surface area contributed by atoms with Gasteiger partial charge in [-0.25, -0.2) is 0 Å². The molecule has 112 valence electrons. The summed E-state index contributed by atoms with van der Waals surface area (Å²) in [6.45, 7) is 3.91. The van der Waals surface area contributed by atoms with Gasteiger partial charge >= 0.3 is 0 Å². The summed E-state index contributed by atoms with van der Waals surface area (Å²) in [6.07, 6.45) is 2.67. The first-order chi connectivity index (χ1) is 11.0. The Hall–Kier alpha value is -3.09. The van der Waals surface area contributed by atoms with E-state index in [9.17, 15) is 15.8 Å². The predicted molar refractivity (Wildman–Crippen MR) is 90.1 cm³/mol. The topological polar surface area (TPSA) is 71.4 Å². The van der Waals surface area contributed by atoms with Crippen LogP contribution in [-0.2, 0) is 6.42 Å². The minimum atomic E-state index is -1.09. The predicted octanol–water partition coefficient (Wildman–Crippen LogP) is 4.64. The number of benzene rings is 2. The number of rotatable bonds is 4. The number of fused-ring (bicyclic) bond motifs is 1. The van der Waals surface area contributed by atoms with Crippen LogP contribution in [0.25, 0.3) is 10.8 Å². The van der Waals surface area contributed by atoms with Crippen LogP contribution in [-0.4, -0.2) is 0 Å². The first-order valence-corrected chi connectivity index (χ1v) is 7.42. The average molecular weight is 299 g/mol. The van der Waals surface area contributed by atoms with Crippen LogP contribution in [0, 0.1) is 39.4 Å². The zero-order valence-corrected chi connectivity index (χ0v) is 13.3. The molecule has 0 aliphatic carbocycles. The molecular formula is C20H17N3. The highest BCUT2D eigenvalue weighted by molar-refractivity contribution is 5.90. The van der Waals surface area contributed by atoms with Crippen LogP contribution >= 0.6 is 0 Å². The van der Waals surface area contributed by atoms with Crippen molar-refractivity contribution in [3.8, 4) is 18.2 Å². The molecule has 3 heteroatoms. The lowest BCUT2D eigenvalue weighted by atomic mass is 9.79. The molecule has 0 fully saturated rings. The molecule has 0 bridgehead atoms. The zero-order chi connectivity index (χ0) is 16.9. The maximum Gasteiger partial charge on any atom is 0.151 e. The zero-order valence-electron chi connectivity index (χ0n) is 13.3. The van der Waals surface area contributed by atoms with E-state index in [-0.39, 0.29) is 0 Å². The molecule has 0 saturated carbocycles. The van der Waals surface area contributed by atoms with Crippen LogP contribution in [0.3, 0.4) is 0 Å². The van der Waals surface area contributed by atoms with Gasteiger partial charge in [0.2, 0.25) is 0 Å². The van der Waals surface area contributed by atoms with Crippen LogP contribution < -0.4 is 0 Å². The fourth-order valence-corrected chi connectivity index (χ4v) is 2.58. The third-order valence-electron chi connectivity index (χ3n) is 3.91. The molecule has 2 aromatic rings. The highest BCUT2D eigenvalue weighted by atomic mass is 14.4. The Balaban J connectivity index is 2.53. The minimum absolute atomic E-state index is 0.343. The molecule has 0 spiro atoms. The molecule has 0 saturated heterocycles. The molecular weight excluding hydrogens is 282 g/mol. The van der Waals surface area contributed by atoms with Gasteiger partial charge in [-0.15, -0.1) is 0 Å². The quantitative estimate of drug-likeness (QED) is 0.772. The Bertz CT molecular complexity index is 868. The van der Waals surface area contributed by atoms with Gasteiger partial charge in [-0.3, -0.25) is 0 Å². The molecule has 2 aromatic carbocycles. The summed E-state index contributed by atoms with van der Waals surface area (Å²) in [6, 6.07) is 17.8. The Morgan fingerprint density at radius 1 is 1.00 bits per heavy atom. The second kappa shape index (κ2) is 6.78. The summed E-state index contributed by atoms with van der Waals surface area (Å²) < 4.78 is 0. The number of nitrogens with zero attached hydrogens (tertiary/aromatic N) is 3. The van der Waals surface area contributed by atoms with Gasteiger partial charge in [-0.1, -0.05) is 42.0 Å². The van der Waals surface area contributed by atoms with Crippen LogP contribution in [0.4, 0.5) is 0 Å². The second-order valence-electron chi connectivity index (χ2n) is 5.90. The number of hydrogen-bond donors (Lipinski definition) is 0. The van der Waals surface area contributed by atoms with Crippen molar-refractivity contribution in [3.05, 3.63) is 59.2 Å². The first kappa shape index (κ1) is 16.3. The Morgan fingerprint density at radius 2 is 1.65 bits per heavy atom. The maximum atomic E-state index is 9.57. The molecule has 2 rings (SSSR count). The van der Waals surface area contributed by atoms with Gasteiger partial charge in [-0.2, -0.15) is 15.8 Å². The normalized spacial score (nSPS) is 10.4. The monoisotopic (exact) mass is 299 g/mol. The van der Waals surface area contributed by atoms with Crippen molar-refractivity contribution in [1.29, 1.82) is 15.8 Å². The molecule has 0 N–H and O–H groups in total. The van der Waals surface area contributed by atoms with Crippen molar-refractivity contribution in [2.75, 3.05) is 0 Å². The average Bonchev–Trinajstić information content (AvgIpc) is 2.58. The van der Waals surface area contributed by atoms with Crippen LogP contribution in [0.15, 0.2) is 48.0 Å². The maximum absolute atomic E-state index is 9.57. The minimum Gasteiger partial charge on any atom is -0.197 e. The van der Waals surface area contributed by atoms with Gasteiger partial charge in [0.15, 0.2) is 5.41 Å². The number of hydrogen-bond acceptors (Lipinski definition) is 3. The van der Waals surface area contributed by atoms with Gasteiger partial charge in [0.1, 0.15) is 0 Å². The lowest BCUT2D eigenvalue weighted by Gasteiger charge is -2.18. The van der Waals surface area contributed by atoms with Gasteiger partial charge in [-0.05, 0) is 42.7 Å². The molecule has 0 heterocycles. The summed E-state index contributed by atoms with van der Waals surface area (Å²) in [5.74, 6) is 0. The highest BCUT2D eigenvalue weighted by Crippen LogP contribution is 2.31. The fraction of sp³-hybridized carbons (Fsp3) is 0.250. The summed E-state index contributed by atoms with van der Waals surface area (Å²) >= 11 is 0. The first-order valence-electron chi connectivity index (χ1n) is 7.42. The fourth-order valence-electron chi connectivity index (χ4n) is 2.58. The lowest BCUT2D eigenvalue weighted by molar-refractivity contribution is 0.527. The van der Waals surface area contributed by atoms with Crippen molar-refractivity contribution in [2.45, 2.75) is 26.7 Å². The van der Waals surface area contributed by atoms with Crippen molar-refractivity contribution in [3.63, 3.8) is 0 Å². The molecule has 0 aliphatic rings. The van der Waals surface area contributed by atoms with Gasteiger partial charge in [0.25, 0.3) is 0 Å². The largest absolute Gasteiger partial charge is 0.197 e. The van der Waals surface area contributed by atoms with E-state index in [0.29, 0.717) is 18.4 Å². The molecule has 0 aromatic heterocycles. The molecule has 0 radical (unpaired) electrons. The van der Waals surface area contributed by atoms with Gasteiger partial charge in [0.05, 0.1) is 23.8 Å². The SMILES string of the molecule is CC(C)=CCC(C#N)(C#N)Cc1ccc(C#N)c2ccccc12. The summed E-state index contributed by atoms with van der Waals surface area (Å²) in [4.78, 5) is 0. The third kappa shape index (κ3) is 3.39. The van der Waals surface area contributed by atoms with Gasteiger partial charge in [0, 0.05) is 6.42 Å². The van der Waals surface area contributed by atoms with E-state index in [1.807, 2.05) is 50.3 Å². The summed E-state index contributed by atoms with van der Waals surface area (Å²) in [5, 5.41) is 30.2. The van der Waals surface area contributed by atoms with Crippen LogP contribution in [0.1, 0.15) is 31.4 Å². The van der Waals surface area contributed by atoms with Crippen molar-refractivity contribution in [1.82, 2.24) is 0 Å². The number of nitriles is 3. The van der Waals surface area contributed by atoms with E-state index in [1.54, 1.807) is 6.07 Å². The van der Waals surface area contributed by atoms with E-state index in [0.717, 1.165) is 21.9 Å². The van der Waals surface area contributed by atoms with Crippen molar-refractivity contribution in [2.24, 2.45) is 5.41 Å². The van der Waals surface area contributed by atoms with E-state index in [4.69, 9.17) is 0 Å². The van der Waals surface area contributed by atoms with Crippen LogP contribution in [0.2, 0.25) is 0 Å². The Morgan fingerprint density at radius 3 is 2.22 bits per heavy atom.